The van der Waals surface area contributed by atoms with E-state index in [0.717, 1.165) is 19.8 Å². The molecule has 0 saturated carbocycles. The molecular formula is C9H21NO2S. The van der Waals surface area contributed by atoms with Crippen LogP contribution >= 0.6 is 11.8 Å². The van der Waals surface area contributed by atoms with Gasteiger partial charge in [-0.25, -0.2) is 0 Å². The van der Waals surface area contributed by atoms with Gasteiger partial charge in [-0.15, -0.1) is 0 Å². The third-order valence-corrected chi connectivity index (χ3v) is 3.12. The number of aliphatic hydroxyl groups excluding tert-OH is 1. The second kappa shape index (κ2) is 8.81. The molecule has 13 heavy (non-hydrogen) atoms. The molecule has 0 fully saturated rings. The molecule has 0 radical (unpaired) electrons. The molecule has 0 aliphatic carbocycles. The van der Waals surface area contributed by atoms with E-state index in [1.807, 2.05) is 13.2 Å². The fourth-order valence-corrected chi connectivity index (χ4v) is 1.72. The van der Waals surface area contributed by atoms with Gasteiger partial charge in [0.2, 0.25) is 0 Å². The van der Waals surface area contributed by atoms with Gasteiger partial charge in [-0.3, -0.25) is 0 Å². The molecule has 2 unspecified atom stereocenters. The highest BCUT2D eigenvalue weighted by Gasteiger charge is 2.13. The van der Waals surface area contributed by atoms with Crippen molar-refractivity contribution in [2.75, 3.05) is 32.6 Å². The van der Waals surface area contributed by atoms with Crippen molar-refractivity contribution in [1.29, 1.82) is 0 Å². The van der Waals surface area contributed by atoms with Crippen LogP contribution in [0.5, 0.6) is 0 Å². The van der Waals surface area contributed by atoms with E-state index >= 15 is 0 Å². The fraction of sp³-hybridized carbons (Fsp3) is 1.00. The zero-order chi connectivity index (χ0) is 10.1. The van der Waals surface area contributed by atoms with Crippen molar-refractivity contribution in [1.82, 2.24) is 5.32 Å². The second-order valence-corrected chi connectivity index (χ2v) is 3.97. The molecule has 0 aromatic heterocycles. The van der Waals surface area contributed by atoms with E-state index in [-0.39, 0.29) is 11.9 Å². The summed E-state index contributed by atoms with van der Waals surface area (Å²) in [5, 5.41) is 12.6. The van der Waals surface area contributed by atoms with Gasteiger partial charge in [-0.2, -0.15) is 11.8 Å². The summed E-state index contributed by atoms with van der Waals surface area (Å²) < 4.78 is 5.20. The van der Waals surface area contributed by atoms with E-state index in [2.05, 4.69) is 12.2 Å². The van der Waals surface area contributed by atoms with Crippen LogP contribution in [0.15, 0.2) is 0 Å². The van der Waals surface area contributed by atoms with E-state index < -0.39 is 0 Å². The Hall–Kier alpha value is 0.230. The van der Waals surface area contributed by atoms with Crippen LogP contribution in [0.3, 0.4) is 0 Å². The summed E-state index contributed by atoms with van der Waals surface area (Å²) in [6.07, 6.45) is 2.02. The van der Waals surface area contributed by atoms with Crippen molar-refractivity contribution < 1.29 is 9.84 Å². The molecule has 80 valence electrons. The Labute approximate surface area is 85.2 Å². The summed E-state index contributed by atoms with van der Waals surface area (Å²) in [7, 11) is 0. The molecular weight excluding hydrogens is 186 g/mol. The van der Waals surface area contributed by atoms with Crippen LogP contribution in [-0.4, -0.2) is 49.0 Å². The first kappa shape index (κ1) is 13.2. The Morgan fingerprint density at radius 2 is 2.23 bits per heavy atom. The average molecular weight is 207 g/mol. The fourth-order valence-electron chi connectivity index (χ4n) is 1.07. The van der Waals surface area contributed by atoms with Gasteiger partial charge in [0, 0.05) is 24.4 Å². The predicted octanol–water partition coefficient (Wildman–Crippen LogP) is 0.725. The molecule has 4 heteroatoms. The van der Waals surface area contributed by atoms with Gasteiger partial charge in [0.15, 0.2) is 0 Å². The van der Waals surface area contributed by atoms with Gasteiger partial charge in [-0.1, -0.05) is 0 Å². The smallest absolute Gasteiger partial charge is 0.0590 e. The van der Waals surface area contributed by atoms with Crippen LogP contribution in [0.2, 0.25) is 0 Å². The minimum absolute atomic E-state index is 0.226. The van der Waals surface area contributed by atoms with Crippen molar-refractivity contribution in [2.24, 2.45) is 0 Å². The third kappa shape index (κ3) is 6.32. The zero-order valence-electron chi connectivity index (χ0n) is 8.75. The van der Waals surface area contributed by atoms with Crippen LogP contribution in [0, 0.1) is 0 Å². The largest absolute Gasteiger partial charge is 0.395 e. The summed E-state index contributed by atoms with van der Waals surface area (Å²) in [6, 6.07) is 0.334. The number of aliphatic hydroxyl groups is 1. The third-order valence-electron chi connectivity index (χ3n) is 1.96. The highest BCUT2D eigenvalue weighted by molar-refractivity contribution is 7.99. The van der Waals surface area contributed by atoms with Crippen LogP contribution < -0.4 is 5.32 Å². The lowest BCUT2D eigenvalue weighted by Crippen LogP contribution is -2.39. The van der Waals surface area contributed by atoms with Crippen LogP contribution in [0.4, 0.5) is 0 Å². The first-order valence-electron chi connectivity index (χ1n) is 4.71. The molecule has 0 aliphatic heterocycles. The average Bonchev–Trinajstić information content (AvgIpc) is 2.14. The number of rotatable bonds is 8. The highest BCUT2D eigenvalue weighted by atomic mass is 32.2. The molecule has 0 heterocycles. The lowest BCUT2D eigenvalue weighted by molar-refractivity contribution is 0.146. The summed E-state index contributed by atoms with van der Waals surface area (Å²) in [4.78, 5) is 0. The first-order chi connectivity index (χ1) is 6.26. The molecule has 0 rings (SSSR count). The molecule has 0 aromatic carbocycles. The number of hydrogen-bond donors (Lipinski definition) is 2. The topological polar surface area (TPSA) is 41.5 Å². The van der Waals surface area contributed by atoms with Gasteiger partial charge in [-0.05, 0) is 20.1 Å². The maximum atomic E-state index is 9.01. The lowest BCUT2D eigenvalue weighted by Gasteiger charge is -2.21. The molecule has 0 aliphatic rings. The van der Waals surface area contributed by atoms with Crippen LogP contribution in [0.1, 0.15) is 13.8 Å². The molecule has 2 N–H and O–H groups in total. The van der Waals surface area contributed by atoms with E-state index in [1.165, 1.54) is 0 Å². The summed E-state index contributed by atoms with van der Waals surface area (Å²) in [6.45, 7) is 6.66. The SMILES string of the molecule is CCOCCNC(C)C(CO)SC. The summed E-state index contributed by atoms with van der Waals surface area (Å²) >= 11 is 1.69. The lowest BCUT2D eigenvalue weighted by atomic mass is 10.2. The normalized spacial score (nSPS) is 15.7. The Morgan fingerprint density at radius 3 is 2.69 bits per heavy atom. The van der Waals surface area contributed by atoms with Gasteiger partial charge in [0.1, 0.15) is 0 Å². The van der Waals surface area contributed by atoms with Gasteiger partial charge >= 0.3 is 0 Å². The second-order valence-electron chi connectivity index (χ2n) is 2.90. The van der Waals surface area contributed by atoms with Crippen molar-refractivity contribution >= 4 is 11.8 Å². The van der Waals surface area contributed by atoms with E-state index in [1.54, 1.807) is 11.8 Å². The predicted molar refractivity (Wildman–Crippen MR) is 58.3 cm³/mol. The number of hydrogen-bond acceptors (Lipinski definition) is 4. The first-order valence-corrected chi connectivity index (χ1v) is 5.99. The number of ether oxygens (including phenoxy) is 1. The Balaban J connectivity index is 3.42. The van der Waals surface area contributed by atoms with Gasteiger partial charge in [0.05, 0.1) is 13.2 Å². The molecule has 0 amide bonds. The van der Waals surface area contributed by atoms with Gasteiger partial charge < -0.3 is 15.2 Å². The Bertz CT molecular complexity index is 110. The summed E-state index contributed by atoms with van der Waals surface area (Å²) in [5.74, 6) is 0. The van der Waals surface area contributed by atoms with Gasteiger partial charge in [0.25, 0.3) is 0 Å². The van der Waals surface area contributed by atoms with Crippen molar-refractivity contribution in [3.05, 3.63) is 0 Å². The maximum absolute atomic E-state index is 9.01. The van der Waals surface area contributed by atoms with E-state index in [9.17, 15) is 0 Å². The monoisotopic (exact) mass is 207 g/mol. The quantitative estimate of drug-likeness (QED) is 0.576. The van der Waals surface area contributed by atoms with Crippen LogP contribution in [0.25, 0.3) is 0 Å². The number of nitrogens with one attached hydrogen (secondary N) is 1. The highest BCUT2D eigenvalue weighted by Crippen LogP contribution is 2.09. The molecule has 0 bridgehead atoms. The molecule has 0 aromatic rings. The molecule has 0 saturated heterocycles. The van der Waals surface area contributed by atoms with Crippen molar-refractivity contribution in [3.8, 4) is 0 Å². The Kier molecular flexibility index (Phi) is 8.97. The number of thioether (sulfide) groups is 1. The minimum Gasteiger partial charge on any atom is -0.395 e. The minimum atomic E-state index is 0.226. The van der Waals surface area contributed by atoms with E-state index in [4.69, 9.17) is 9.84 Å². The van der Waals surface area contributed by atoms with Crippen LogP contribution in [-0.2, 0) is 4.74 Å². The molecule has 2 atom stereocenters. The maximum Gasteiger partial charge on any atom is 0.0590 e. The zero-order valence-corrected chi connectivity index (χ0v) is 9.56. The van der Waals surface area contributed by atoms with E-state index in [0.29, 0.717) is 6.04 Å². The van der Waals surface area contributed by atoms with Crippen molar-refractivity contribution in [3.63, 3.8) is 0 Å². The summed E-state index contributed by atoms with van der Waals surface area (Å²) in [5.41, 5.74) is 0. The molecule has 3 nitrogen and oxygen atoms in total. The van der Waals surface area contributed by atoms with Crippen molar-refractivity contribution in [2.45, 2.75) is 25.1 Å². The molecule has 0 spiro atoms. The Morgan fingerprint density at radius 1 is 1.54 bits per heavy atom. The standard InChI is InChI=1S/C9H21NO2S/c1-4-12-6-5-10-8(2)9(7-11)13-3/h8-11H,4-7H2,1-3H3.